The lowest BCUT2D eigenvalue weighted by atomic mass is 10.8. The van der Waals surface area contributed by atoms with Gasteiger partial charge in [0.15, 0.2) is 0 Å². The topological polar surface area (TPSA) is 26.3 Å². The zero-order valence-electron chi connectivity index (χ0n) is 3.47. The number of hydrogen-bond donors (Lipinski definition) is 1. The Morgan fingerprint density at radius 3 is 2.50 bits per heavy atom. The number of rotatable bonds is 1. The first-order valence-corrected chi connectivity index (χ1v) is 2.94. The van der Waals surface area contributed by atoms with Gasteiger partial charge in [-0.3, -0.25) is 4.79 Å². The molecule has 0 aliphatic heterocycles. The third kappa shape index (κ3) is 2.28. The molecule has 0 atom stereocenters. The van der Waals surface area contributed by atoms with Crippen LogP contribution in [0, 0.1) is 0 Å². The first-order valence-electron chi connectivity index (χ1n) is 1.49. The molecule has 4 heteroatoms. The molecule has 0 aliphatic rings. The van der Waals surface area contributed by atoms with E-state index in [4.69, 9.17) is 0 Å². The summed E-state index contributed by atoms with van der Waals surface area (Å²) in [5.74, 6) is -0.0336. The molecule has 0 aromatic carbocycles. The van der Waals surface area contributed by atoms with E-state index in [2.05, 4.69) is 17.1 Å². The molecule has 0 aliphatic carbocycles. The van der Waals surface area contributed by atoms with Gasteiger partial charge in [0.25, 0.3) is 0 Å². The molecule has 0 amide bonds. The highest BCUT2D eigenvalue weighted by Gasteiger charge is 1.87. The molecule has 0 saturated carbocycles. The van der Waals surface area contributed by atoms with Crippen molar-refractivity contribution >= 4 is 29.1 Å². The SMILES string of the molecule is O=C(CS)O[SiH3]. The minimum atomic E-state index is -0.231. The fraction of sp³-hybridized carbons (Fsp3) is 0.500. The van der Waals surface area contributed by atoms with E-state index in [1.165, 1.54) is 0 Å². The standard InChI is InChI=1S/C2H6O2SSi/c3-2(1-5)4-6/h5H,1H2,6H3. The first-order chi connectivity index (χ1) is 2.81. The highest BCUT2D eigenvalue weighted by Crippen LogP contribution is 1.73. The van der Waals surface area contributed by atoms with E-state index < -0.39 is 0 Å². The second-order valence-electron chi connectivity index (χ2n) is 0.734. The van der Waals surface area contributed by atoms with E-state index in [0.717, 1.165) is 0 Å². The molecular weight excluding hydrogens is 116 g/mol. The Balaban J connectivity index is 2.99. The maximum atomic E-state index is 9.92. The molecular formula is C2H6O2SSi. The Kier molecular flexibility index (Phi) is 3.26. The predicted molar refractivity (Wildman–Crippen MR) is 29.9 cm³/mol. The van der Waals surface area contributed by atoms with Crippen LogP contribution in [-0.4, -0.2) is 22.2 Å². The van der Waals surface area contributed by atoms with Gasteiger partial charge in [-0.15, -0.1) is 0 Å². The summed E-state index contributed by atoms with van der Waals surface area (Å²) in [7, 11) is 0.484. The maximum Gasteiger partial charge on any atom is 0.301 e. The van der Waals surface area contributed by atoms with Crippen molar-refractivity contribution in [3.63, 3.8) is 0 Å². The monoisotopic (exact) mass is 122 g/mol. The Labute approximate surface area is 44.8 Å². The molecule has 0 fully saturated rings. The highest BCUT2D eigenvalue weighted by molar-refractivity contribution is 7.81. The van der Waals surface area contributed by atoms with E-state index in [-0.39, 0.29) is 11.7 Å². The summed E-state index contributed by atoms with van der Waals surface area (Å²) in [6, 6.07) is 0. The van der Waals surface area contributed by atoms with Gasteiger partial charge < -0.3 is 4.43 Å². The second-order valence-corrected chi connectivity index (χ2v) is 1.46. The molecule has 0 spiro atoms. The van der Waals surface area contributed by atoms with Crippen molar-refractivity contribution in [2.45, 2.75) is 0 Å². The molecule has 0 unspecified atom stereocenters. The Bertz CT molecular complexity index is 49.5. The van der Waals surface area contributed by atoms with Crippen molar-refractivity contribution in [2.24, 2.45) is 0 Å². The summed E-state index contributed by atoms with van der Waals surface area (Å²) < 4.78 is 4.32. The molecule has 6 heavy (non-hydrogen) atoms. The van der Waals surface area contributed by atoms with Crippen LogP contribution in [0.1, 0.15) is 0 Å². The third-order valence-electron chi connectivity index (χ3n) is 0.357. The van der Waals surface area contributed by atoms with Gasteiger partial charge in [0.05, 0.1) is 5.75 Å². The van der Waals surface area contributed by atoms with E-state index in [9.17, 15) is 4.79 Å². The molecule has 0 aromatic heterocycles. The first kappa shape index (κ1) is 6.04. The minimum Gasteiger partial charge on any atom is -0.528 e. The van der Waals surface area contributed by atoms with E-state index >= 15 is 0 Å². The maximum absolute atomic E-state index is 9.92. The van der Waals surface area contributed by atoms with Crippen molar-refractivity contribution in [1.29, 1.82) is 0 Å². The minimum absolute atomic E-state index is 0.198. The second kappa shape index (κ2) is 3.24. The van der Waals surface area contributed by atoms with Gasteiger partial charge >= 0.3 is 5.97 Å². The molecule has 0 rings (SSSR count). The van der Waals surface area contributed by atoms with Crippen molar-refractivity contribution < 1.29 is 9.22 Å². The van der Waals surface area contributed by atoms with Crippen LogP contribution in [0.2, 0.25) is 0 Å². The smallest absolute Gasteiger partial charge is 0.301 e. The molecule has 0 bridgehead atoms. The highest BCUT2D eigenvalue weighted by atomic mass is 32.1. The number of hydrogen-bond acceptors (Lipinski definition) is 3. The van der Waals surface area contributed by atoms with Gasteiger partial charge in [0, 0.05) is 0 Å². The molecule has 0 N–H and O–H groups in total. The summed E-state index contributed by atoms with van der Waals surface area (Å²) in [5.41, 5.74) is 0. The third-order valence-corrected chi connectivity index (χ3v) is 1.07. The lowest BCUT2D eigenvalue weighted by molar-refractivity contribution is -0.131. The van der Waals surface area contributed by atoms with Gasteiger partial charge in [-0.1, -0.05) is 0 Å². The molecule has 0 saturated heterocycles. The normalized spacial score (nSPS) is 8.17. The van der Waals surface area contributed by atoms with E-state index in [1.54, 1.807) is 0 Å². The fourth-order valence-electron chi connectivity index (χ4n) is 0.0645. The van der Waals surface area contributed by atoms with Crippen molar-refractivity contribution in [3.8, 4) is 0 Å². The van der Waals surface area contributed by atoms with Gasteiger partial charge in [-0.2, -0.15) is 12.6 Å². The lowest BCUT2D eigenvalue weighted by Gasteiger charge is -1.88. The zero-order chi connectivity index (χ0) is 4.99. The van der Waals surface area contributed by atoms with Crippen LogP contribution in [-0.2, 0) is 9.22 Å². The fourth-order valence-corrected chi connectivity index (χ4v) is 0.581. The average Bonchev–Trinajstić information content (AvgIpc) is 1.65. The Morgan fingerprint density at radius 2 is 2.50 bits per heavy atom. The Hall–Kier alpha value is 0.0369. The number of carbonyl (C=O) groups excluding carboxylic acids is 1. The number of thiol groups is 1. The summed E-state index contributed by atoms with van der Waals surface area (Å²) in [4.78, 5) is 9.92. The van der Waals surface area contributed by atoms with Crippen molar-refractivity contribution in [3.05, 3.63) is 0 Å². The lowest BCUT2D eigenvalue weighted by Crippen LogP contribution is -2.00. The molecule has 0 radical (unpaired) electrons. The van der Waals surface area contributed by atoms with Crippen LogP contribution in [0.5, 0.6) is 0 Å². The van der Waals surface area contributed by atoms with Crippen molar-refractivity contribution in [2.75, 3.05) is 5.75 Å². The van der Waals surface area contributed by atoms with Crippen LogP contribution in [0.15, 0.2) is 0 Å². The van der Waals surface area contributed by atoms with Gasteiger partial charge in [-0.05, 0) is 0 Å². The van der Waals surface area contributed by atoms with Crippen LogP contribution in [0.3, 0.4) is 0 Å². The van der Waals surface area contributed by atoms with E-state index in [1.807, 2.05) is 0 Å². The molecule has 36 valence electrons. The predicted octanol–water partition coefficient (Wildman–Crippen LogP) is -1.26. The molecule has 0 heterocycles. The van der Waals surface area contributed by atoms with E-state index in [0.29, 0.717) is 10.5 Å². The molecule has 0 aromatic rings. The van der Waals surface area contributed by atoms with Crippen LogP contribution < -0.4 is 0 Å². The van der Waals surface area contributed by atoms with Crippen LogP contribution >= 0.6 is 12.6 Å². The van der Waals surface area contributed by atoms with Crippen LogP contribution in [0.4, 0.5) is 0 Å². The summed E-state index contributed by atoms with van der Waals surface area (Å²) in [6.45, 7) is 0. The summed E-state index contributed by atoms with van der Waals surface area (Å²) in [5, 5.41) is 0. The van der Waals surface area contributed by atoms with Gasteiger partial charge in [-0.25, -0.2) is 0 Å². The van der Waals surface area contributed by atoms with Crippen molar-refractivity contribution in [1.82, 2.24) is 0 Å². The summed E-state index contributed by atoms with van der Waals surface area (Å²) >= 11 is 3.64. The average molecular weight is 122 g/mol. The Morgan fingerprint density at radius 1 is 2.00 bits per heavy atom. The van der Waals surface area contributed by atoms with Gasteiger partial charge in [0.2, 0.25) is 10.5 Å². The quantitative estimate of drug-likeness (QED) is 0.347. The summed E-state index contributed by atoms with van der Waals surface area (Å²) in [6.07, 6.45) is 0. The number of carbonyl (C=O) groups is 1. The van der Waals surface area contributed by atoms with Crippen LogP contribution in [0.25, 0.3) is 0 Å². The van der Waals surface area contributed by atoms with Gasteiger partial charge in [0.1, 0.15) is 0 Å². The molecule has 2 nitrogen and oxygen atoms in total. The largest absolute Gasteiger partial charge is 0.528 e. The zero-order valence-corrected chi connectivity index (χ0v) is 6.37.